The van der Waals surface area contributed by atoms with Crippen molar-refractivity contribution >= 4 is 29.5 Å². The second-order valence-electron chi connectivity index (χ2n) is 5.82. The highest BCUT2D eigenvalue weighted by molar-refractivity contribution is 6.30. The molecule has 0 saturated heterocycles. The lowest BCUT2D eigenvalue weighted by molar-refractivity contribution is -0.131. The van der Waals surface area contributed by atoms with Gasteiger partial charge in [0.15, 0.2) is 6.10 Å². The predicted molar refractivity (Wildman–Crippen MR) is 103 cm³/mol. The molecule has 0 heterocycles. The van der Waals surface area contributed by atoms with E-state index in [1.54, 1.807) is 43.3 Å². The zero-order valence-electron chi connectivity index (χ0n) is 14.9. The molecule has 136 valence electrons. The highest BCUT2D eigenvalue weighted by Gasteiger charge is 2.16. The molecule has 2 amide bonds. The van der Waals surface area contributed by atoms with Crippen molar-refractivity contribution in [3.8, 4) is 5.75 Å². The number of benzene rings is 2. The quantitative estimate of drug-likeness (QED) is 0.622. The average Bonchev–Trinajstić information content (AvgIpc) is 2.63. The van der Waals surface area contributed by atoms with Crippen LogP contribution in [-0.4, -0.2) is 17.9 Å². The van der Waals surface area contributed by atoms with Crippen LogP contribution in [0.1, 0.15) is 23.6 Å². The first-order valence-electron chi connectivity index (χ1n) is 8.13. The Balaban J connectivity index is 1.84. The van der Waals surface area contributed by atoms with E-state index in [1.165, 1.54) is 6.08 Å². The predicted octanol–water partition coefficient (Wildman–Crippen LogP) is 3.58. The van der Waals surface area contributed by atoms with E-state index in [2.05, 4.69) is 10.9 Å². The monoisotopic (exact) mass is 372 g/mol. The van der Waals surface area contributed by atoms with Crippen molar-refractivity contribution in [3.05, 3.63) is 70.3 Å². The molecule has 6 heteroatoms. The molecule has 0 aliphatic rings. The van der Waals surface area contributed by atoms with Crippen molar-refractivity contribution in [2.24, 2.45) is 0 Å². The van der Waals surface area contributed by atoms with Crippen molar-refractivity contribution in [1.29, 1.82) is 0 Å². The van der Waals surface area contributed by atoms with Crippen molar-refractivity contribution < 1.29 is 14.3 Å². The first kappa shape index (κ1) is 19.5. The van der Waals surface area contributed by atoms with Crippen LogP contribution in [-0.2, 0) is 9.59 Å². The number of nitrogens with one attached hydrogen (secondary N) is 2. The van der Waals surface area contributed by atoms with E-state index in [4.69, 9.17) is 16.3 Å². The van der Waals surface area contributed by atoms with Gasteiger partial charge in [-0.25, -0.2) is 0 Å². The maximum Gasteiger partial charge on any atom is 0.279 e. The third kappa shape index (κ3) is 5.63. The van der Waals surface area contributed by atoms with E-state index >= 15 is 0 Å². The van der Waals surface area contributed by atoms with Crippen molar-refractivity contribution in [1.82, 2.24) is 10.9 Å². The molecule has 1 atom stereocenters. The fraction of sp³-hybridized carbons (Fsp3) is 0.200. The number of halogens is 1. The van der Waals surface area contributed by atoms with Gasteiger partial charge in [-0.2, -0.15) is 0 Å². The highest BCUT2D eigenvalue weighted by Crippen LogP contribution is 2.21. The third-order valence-electron chi connectivity index (χ3n) is 3.83. The number of hydrogen-bond donors (Lipinski definition) is 2. The maximum absolute atomic E-state index is 12.1. The molecular weight excluding hydrogens is 352 g/mol. The van der Waals surface area contributed by atoms with Crippen molar-refractivity contribution in [3.63, 3.8) is 0 Å². The highest BCUT2D eigenvalue weighted by atomic mass is 35.5. The van der Waals surface area contributed by atoms with Crippen LogP contribution in [0.2, 0.25) is 5.02 Å². The van der Waals surface area contributed by atoms with Gasteiger partial charge in [-0.3, -0.25) is 20.4 Å². The number of amides is 2. The Labute approximate surface area is 158 Å². The molecule has 0 aliphatic carbocycles. The van der Waals surface area contributed by atoms with Crippen LogP contribution in [0.3, 0.4) is 0 Å². The zero-order valence-corrected chi connectivity index (χ0v) is 15.6. The average molecular weight is 373 g/mol. The van der Waals surface area contributed by atoms with Crippen LogP contribution in [0, 0.1) is 13.8 Å². The van der Waals surface area contributed by atoms with Crippen molar-refractivity contribution in [2.75, 3.05) is 0 Å². The molecule has 1 unspecified atom stereocenters. The minimum absolute atomic E-state index is 0.445. The maximum atomic E-state index is 12.1. The van der Waals surface area contributed by atoms with Gasteiger partial charge in [-0.15, -0.1) is 0 Å². The number of hydrogen-bond acceptors (Lipinski definition) is 3. The standard InChI is InChI=1S/C20H21ClN2O3/c1-13-5-4-6-18(14(13)2)26-15(3)20(25)23-22-19(24)12-9-16-7-10-17(21)11-8-16/h4-12,15H,1-3H3,(H,22,24)(H,23,25)/b12-9+. The summed E-state index contributed by atoms with van der Waals surface area (Å²) in [6.07, 6.45) is 2.18. The van der Waals surface area contributed by atoms with E-state index in [0.717, 1.165) is 16.7 Å². The molecule has 2 N–H and O–H groups in total. The molecular formula is C20H21ClN2O3. The summed E-state index contributed by atoms with van der Waals surface area (Å²) < 4.78 is 5.67. The van der Waals surface area contributed by atoms with E-state index in [0.29, 0.717) is 10.8 Å². The van der Waals surface area contributed by atoms with Gasteiger partial charge in [0.25, 0.3) is 11.8 Å². The lowest BCUT2D eigenvalue weighted by Gasteiger charge is -2.17. The van der Waals surface area contributed by atoms with Crippen LogP contribution in [0.25, 0.3) is 6.08 Å². The Morgan fingerprint density at radius 3 is 2.46 bits per heavy atom. The Morgan fingerprint density at radius 1 is 1.08 bits per heavy atom. The summed E-state index contributed by atoms with van der Waals surface area (Å²) in [5, 5.41) is 0.622. The third-order valence-corrected chi connectivity index (χ3v) is 4.09. The number of rotatable bonds is 5. The van der Waals surface area contributed by atoms with E-state index in [9.17, 15) is 9.59 Å². The molecule has 0 radical (unpaired) electrons. The fourth-order valence-electron chi connectivity index (χ4n) is 2.11. The molecule has 2 rings (SSSR count). The number of ether oxygens (including phenoxy) is 1. The summed E-state index contributed by atoms with van der Waals surface area (Å²) in [6.45, 7) is 5.52. The summed E-state index contributed by atoms with van der Waals surface area (Å²) in [6, 6.07) is 12.7. The van der Waals surface area contributed by atoms with Gasteiger partial charge in [0, 0.05) is 11.1 Å². The minimum atomic E-state index is -0.754. The molecule has 0 fully saturated rings. The number of carbonyl (C=O) groups is 2. The van der Waals surface area contributed by atoms with Crippen LogP contribution in [0.4, 0.5) is 0 Å². The van der Waals surface area contributed by atoms with E-state index in [1.807, 2.05) is 26.0 Å². The minimum Gasteiger partial charge on any atom is -0.481 e. The summed E-state index contributed by atoms with van der Waals surface area (Å²) in [7, 11) is 0. The number of hydrazine groups is 1. The Kier molecular flexibility index (Phi) is 6.81. The van der Waals surface area contributed by atoms with Gasteiger partial charge >= 0.3 is 0 Å². The second kappa shape index (κ2) is 9.06. The summed E-state index contributed by atoms with van der Waals surface area (Å²) >= 11 is 5.80. The zero-order chi connectivity index (χ0) is 19.1. The Hall–Kier alpha value is -2.79. The summed E-state index contributed by atoms with van der Waals surface area (Å²) in [5.41, 5.74) is 7.55. The molecule has 26 heavy (non-hydrogen) atoms. The smallest absolute Gasteiger partial charge is 0.279 e. The van der Waals surface area contributed by atoms with E-state index < -0.39 is 17.9 Å². The SMILES string of the molecule is Cc1cccc(OC(C)C(=O)NNC(=O)/C=C/c2ccc(Cl)cc2)c1C. The fourth-order valence-corrected chi connectivity index (χ4v) is 2.23. The normalized spacial score (nSPS) is 11.8. The Morgan fingerprint density at radius 2 is 1.77 bits per heavy atom. The van der Waals surface area contributed by atoms with Gasteiger partial charge in [0.2, 0.25) is 0 Å². The first-order valence-corrected chi connectivity index (χ1v) is 8.51. The van der Waals surface area contributed by atoms with Gasteiger partial charge in [0.1, 0.15) is 5.75 Å². The summed E-state index contributed by atoms with van der Waals surface area (Å²) in [4.78, 5) is 23.9. The number of carbonyl (C=O) groups excluding carboxylic acids is 2. The molecule has 2 aromatic rings. The van der Waals surface area contributed by atoms with Gasteiger partial charge in [-0.05, 0) is 61.7 Å². The largest absolute Gasteiger partial charge is 0.481 e. The molecule has 5 nitrogen and oxygen atoms in total. The molecule has 0 saturated carbocycles. The molecule has 0 aliphatic heterocycles. The molecule has 0 aromatic heterocycles. The van der Waals surface area contributed by atoms with E-state index in [-0.39, 0.29) is 0 Å². The van der Waals surface area contributed by atoms with Gasteiger partial charge < -0.3 is 4.74 Å². The second-order valence-corrected chi connectivity index (χ2v) is 6.26. The van der Waals surface area contributed by atoms with Crippen molar-refractivity contribution in [2.45, 2.75) is 26.9 Å². The summed E-state index contributed by atoms with van der Waals surface area (Å²) in [5.74, 6) is -0.256. The lowest BCUT2D eigenvalue weighted by atomic mass is 10.1. The molecule has 2 aromatic carbocycles. The molecule has 0 bridgehead atoms. The lowest BCUT2D eigenvalue weighted by Crippen LogP contribution is -2.46. The van der Waals surface area contributed by atoms with Crippen LogP contribution in [0.5, 0.6) is 5.75 Å². The molecule has 0 spiro atoms. The topological polar surface area (TPSA) is 67.4 Å². The van der Waals surface area contributed by atoms with Crippen LogP contribution in [0.15, 0.2) is 48.5 Å². The Bertz CT molecular complexity index is 816. The first-order chi connectivity index (χ1) is 12.4. The van der Waals surface area contributed by atoms with Crippen LogP contribution >= 0.6 is 11.6 Å². The van der Waals surface area contributed by atoms with Crippen LogP contribution < -0.4 is 15.6 Å². The number of aryl methyl sites for hydroxylation is 1. The van der Waals surface area contributed by atoms with Gasteiger partial charge in [-0.1, -0.05) is 35.9 Å². The van der Waals surface area contributed by atoms with Gasteiger partial charge in [0.05, 0.1) is 0 Å².